The van der Waals surface area contributed by atoms with E-state index in [9.17, 15) is 9.59 Å². The highest BCUT2D eigenvalue weighted by molar-refractivity contribution is 5.90. The Morgan fingerprint density at radius 1 is 1.12 bits per heavy atom. The molecule has 1 amide bonds. The van der Waals surface area contributed by atoms with Crippen LogP contribution in [0.3, 0.4) is 0 Å². The largest absolute Gasteiger partial charge is 0.481 e. The Balaban J connectivity index is 1.65. The number of rotatable bonds is 5. The first kappa shape index (κ1) is 15.4. The number of aromatic amines is 1. The van der Waals surface area contributed by atoms with Gasteiger partial charge in [-0.25, -0.2) is 4.98 Å². The van der Waals surface area contributed by atoms with E-state index in [0.717, 1.165) is 22.2 Å². The predicted octanol–water partition coefficient (Wildman–Crippen LogP) is 2.49. The van der Waals surface area contributed by atoms with Gasteiger partial charge in [0.15, 0.2) is 0 Å². The van der Waals surface area contributed by atoms with Crippen LogP contribution in [0.25, 0.3) is 11.0 Å². The van der Waals surface area contributed by atoms with E-state index in [1.165, 1.54) is 0 Å². The number of nitrogens with zero attached hydrogens (tertiary/aromatic N) is 1. The van der Waals surface area contributed by atoms with Crippen molar-refractivity contribution in [2.24, 2.45) is 11.8 Å². The minimum absolute atomic E-state index is 0.217. The summed E-state index contributed by atoms with van der Waals surface area (Å²) in [5, 5.41) is 12.1. The Morgan fingerprint density at radius 3 is 2.64 bits per heavy atom. The van der Waals surface area contributed by atoms with Gasteiger partial charge in [-0.3, -0.25) is 9.59 Å². The van der Waals surface area contributed by atoms with Crippen LogP contribution >= 0.6 is 0 Å². The first-order valence-corrected chi connectivity index (χ1v) is 8.14. The number of carboxylic acid groups (broad SMARTS) is 1. The summed E-state index contributed by atoms with van der Waals surface area (Å²) in [5.74, 6) is -2.13. The summed E-state index contributed by atoms with van der Waals surface area (Å²) in [6.45, 7) is 0. The highest BCUT2D eigenvalue weighted by Crippen LogP contribution is 2.39. The average molecular weight is 335 g/mol. The van der Waals surface area contributed by atoms with Gasteiger partial charge in [-0.2, -0.15) is 0 Å². The molecule has 1 aliphatic carbocycles. The van der Waals surface area contributed by atoms with Gasteiger partial charge in [0.05, 0.1) is 35.2 Å². The van der Waals surface area contributed by atoms with Crippen molar-refractivity contribution in [3.05, 3.63) is 66.0 Å². The lowest BCUT2D eigenvalue weighted by Gasteiger charge is -2.20. The van der Waals surface area contributed by atoms with Crippen molar-refractivity contribution in [3.63, 3.8) is 0 Å². The average Bonchev–Trinajstić information content (AvgIpc) is 3.31. The number of nitrogens with one attached hydrogen (secondary N) is 2. The summed E-state index contributed by atoms with van der Waals surface area (Å²) >= 11 is 0. The first-order chi connectivity index (χ1) is 12.1. The van der Waals surface area contributed by atoms with Gasteiger partial charge in [0, 0.05) is 0 Å². The minimum atomic E-state index is -0.907. The molecule has 0 radical (unpaired) electrons. The van der Waals surface area contributed by atoms with E-state index in [1.807, 2.05) is 48.5 Å². The first-order valence-electron chi connectivity index (χ1n) is 8.14. The van der Waals surface area contributed by atoms with Crippen molar-refractivity contribution in [2.45, 2.75) is 12.5 Å². The van der Waals surface area contributed by atoms with Gasteiger partial charge >= 0.3 is 5.97 Å². The van der Waals surface area contributed by atoms with E-state index >= 15 is 0 Å². The number of hydrogen-bond donors (Lipinski definition) is 3. The molecular weight excluding hydrogens is 318 g/mol. The fourth-order valence-electron chi connectivity index (χ4n) is 3.14. The quantitative estimate of drug-likeness (QED) is 0.667. The lowest BCUT2D eigenvalue weighted by atomic mass is 9.98. The molecule has 1 fully saturated rings. The number of aliphatic carboxylic acids is 1. The van der Waals surface area contributed by atoms with E-state index in [0.29, 0.717) is 6.42 Å². The molecule has 0 spiro atoms. The fraction of sp³-hybridized carbons (Fsp3) is 0.211. The number of imidazole rings is 1. The van der Waals surface area contributed by atoms with Crippen molar-refractivity contribution in [2.75, 3.05) is 0 Å². The van der Waals surface area contributed by atoms with Gasteiger partial charge in [0.1, 0.15) is 0 Å². The third-order valence-corrected chi connectivity index (χ3v) is 4.64. The van der Waals surface area contributed by atoms with Crippen LogP contribution < -0.4 is 5.32 Å². The molecule has 0 unspecified atom stereocenters. The lowest BCUT2D eigenvalue weighted by molar-refractivity contribution is -0.140. The molecule has 25 heavy (non-hydrogen) atoms. The number of fused-ring (bicyclic) bond motifs is 1. The maximum Gasteiger partial charge on any atom is 0.307 e. The molecule has 4 rings (SSSR count). The van der Waals surface area contributed by atoms with E-state index < -0.39 is 17.8 Å². The lowest BCUT2D eigenvalue weighted by Crippen LogP contribution is -2.31. The zero-order valence-electron chi connectivity index (χ0n) is 13.3. The van der Waals surface area contributed by atoms with Gasteiger partial charge < -0.3 is 15.4 Å². The topological polar surface area (TPSA) is 95.1 Å². The summed E-state index contributed by atoms with van der Waals surface area (Å²) in [6.07, 6.45) is 2.04. The summed E-state index contributed by atoms with van der Waals surface area (Å²) in [6, 6.07) is 15.1. The molecule has 6 nitrogen and oxygen atoms in total. The number of H-pyrrole nitrogens is 1. The molecule has 1 saturated carbocycles. The summed E-state index contributed by atoms with van der Waals surface area (Å²) in [7, 11) is 0. The Hall–Kier alpha value is -3.15. The maximum atomic E-state index is 12.5. The molecule has 126 valence electrons. The molecule has 3 N–H and O–H groups in total. The second kappa shape index (κ2) is 6.05. The zero-order valence-corrected chi connectivity index (χ0v) is 13.3. The van der Waals surface area contributed by atoms with Crippen LogP contribution in [-0.2, 0) is 9.59 Å². The predicted molar refractivity (Wildman–Crippen MR) is 91.8 cm³/mol. The van der Waals surface area contributed by atoms with Crippen molar-refractivity contribution >= 4 is 22.9 Å². The second-order valence-electron chi connectivity index (χ2n) is 6.32. The van der Waals surface area contributed by atoms with Crippen LogP contribution in [0.15, 0.2) is 54.9 Å². The highest BCUT2D eigenvalue weighted by atomic mass is 16.4. The van der Waals surface area contributed by atoms with Gasteiger partial charge in [-0.05, 0) is 29.7 Å². The summed E-state index contributed by atoms with van der Waals surface area (Å²) in [4.78, 5) is 30.8. The van der Waals surface area contributed by atoms with Crippen LogP contribution in [0.1, 0.15) is 23.6 Å². The van der Waals surface area contributed by atoms with Crippen LogP contribution in [0.2, 0.25) is 0 Å². The standard InChI is InChI=1S/C19H17N3O3/c23-18(13-9-14(13)19(24)25)22-17(11-4-2-1-3-5-11)12-6-7-15-16(8-12)21-10-20-15/h1-8,10,13-14,17H,9H2,(H,20,21)(H,22,23)(H,24,25)/t13-,14+,17+/m0/s1. The van der Waals surface area contributed by atoms with Crippen LogP contribution in [0.4, 0.5) is 0 Å². The smallest absolute Gasteiger partial charge is 0.307 e. The maximum absolute atomic E-state index is 12.5. The van der Waals surface area contributed by atoms with Crippen molar-refractivity contribution < 1.29 is 14.7 Å². The van der Waals surface area contributed by atoms with Gasteiger partial charge in [0.2, 0.25) is 5.91 Å². The number of carbonyl (C=O) groups excluding carboxylic acids is 1. The summed E-state index contributed by atoms with van der Waals surface area (Å²) in [5.41, 5.74) is 3.61. The van der Waals surface area contributed by atoms with Crippen molar-refractivity contribution in [1.82, 2.24) is 15.3 Å². The number of carbonyl (C=O) groups is 2. The minimum Gasteiger partial charge on any atom is -0.481 e. The fourth-order valence-corrected chi connectivity index (χ4v) is 3.14. The molecule has 0 saturated heterocycles. The molecule has 1 aromatic heterocycles. The second-order valence-corrected chi connectivity index (χ2v) is 6.32. The van der Waals surface area contributed by atoms with Crippen molar-refractivity contribution in [1.29, 1.82) is 0 Å². The molecular formula is C19H17N3O3. The number of carboxylic acids is 1. The van der Waals surface area contributed by atoms with E-state index in [-0.39, 0.29) is 11.9 Å². The number of hydrogen-bond acceptors (Lipinski definition) is 3. The van der Waals surface area contributed by atoms with Gasteiger partial charge in [-0.15, -0.1) is 0 Å². The van der Waals surface area contributed by atoms with Gasteiger partial charge in [0.25, 0.3) is 0 Å². The zero-order chi connectivity index (χ0) is 17.4. The third kappa shape index (κ3) is 2.98. The molecule has 6 heteroatoms. The SMILES string of the molecule is O=C(N[C@H](c1ccccc1)c1ccc2nc[nH]c2c1)[C@H]1C[C@H]1C(=O)O. The van der Waals surface area contributed by atoms with E-state index in [1.54, 1.807) is 6.33 Å². The summed E-state index contributed by atoms with van der Waals surface area (Å²) < 4.78 is 0. The Morgan fingerprint density at radius 2 is 1.92 bits per heavy atom. The van der Waals surface area contributed by atoms with E-state index in [4.69, 9.17) is 5.11 Å². The Kier molecular flexibility index (Phi) is 3.72. The molecule has 1 heterocycles. The molecule has 3 aromatic rings. The van der Waals surface area contributed by atoms with Gasteiger partial charge in [-0.1, -0.05) is 36.4 Å². The number of amides is 1. The highest BCUT2D eigenvalue weighted by Gasteiger charge is 2.48. The molecule has 3 atom stereocenters. The number of aromatic nitrogens is 2. The molecule has 0 bridgehead atoms. The van der Waals surface area contributed by atoms with Crippen LogP contribution in [0.5, 0.6) is 0 Å². The monoisotopic (exact) mass is 335 g/mol. The third-order valence-electron chi connectivity index (χ3n) is 4.64. The number of benzene rings is 2. The van der Waals surface area contributed by atoms with Crippen molar-refractivity contribution in [3.8, 4) is 0 Å². The molecule has 1 aliphatic rings. The van der Waals surface area contributed by atoms with Crippen LogP contribution in [0, 0.1) is 11.8 Å². The van der Waals surface area contributed by atoms with E-state index in [2.05, 4.69) is 15.3 Å². The van der Waals surface area contributed by atoms with Crippen LogP contribution in [-0.4, -0.2) is 27.0 Å². The molecule has 2 aromatic carbocycles. The Labute approximate surface area is 143 Å². The Bertz CT molecular complexity index is 935. The molecule has 0 aliphatic heterocycles. The normalized spacial score (nSPS) is 20.2.